The number of ether oxygens (including phenoxy) is 3. The van der Waals surface area contributed by atoms with Gasteiger partial charge in [0.15, 0.2) is 16.7 Å². The SMILES string of the molecule is O=C1CCC(N2Cc3cc(NC(=O)CCNCCOCCOCCn4cc(C5(Cc6cccc(Nc7nccs7)n6)CCC(Oc6cccc(Cl)c6F)CC5)nn4)ccc3C2=O)C(=O)N1. The van der Waals surface area contributed by atoms with E-state index < -0.39 is 17.8 Å². The van der Waals surface area contributed by atoms with Gasteiger partial charge >= 0.3 is 0 Å². The van der Waals surface area contributed by atoms with Crippen LogP contribution in [0.1, 0.15) is 72.3 Å². The Bertz CT molecular complexity index is 2470. The smallest absolute Gasteiger partial charge is 0.255 e. The van der Waals surface area contributed by atoms with E-state index in [2.05, 4.69) is 36.6 Å². The van der Waals surface area contributed by atoms with Crippen molar-refractivity contribution in [3.05, 3.63) is 106 Å². The number of carbonyl (C=O) groups is 4. The Morgan fingerprint density at radius 1 is 1.00 bits per heavy atom. The maximum Gasteiger partial charge on any atom is 0.255 e. The van der Waals surface area contributed by atoms with Gasteiger partial charge in [0.2, 0.25) is 17.7 Å². The Kier molecular flexibility index (Phi) is 15.1. The maximum atomic E-state index is 14.7. The van der Waals surface area contributed by atoms with Crippen molar-refractivity contribution in [2.45, 2.75) is 82.0 Å². The topological polar surface area (TPSA) is 204 Å². The van der Waals surface area contributed by atoms with Crippen LogP contribution in [-0.4, -0.2) is 105 Å². The highest BCUT2D eigenvalue weighted by molar-refractivity contribution is 7.13. The van der Waals surface area contributed by atoms with Gasteiger partial charge in [-0.25, -0.2) is 19.0 Å². The predicted octanol–water partition coefficient (Wildman–Crippen LogP) is 5.58. The standard InChI is InChI=1S/C45H50ClFN10O7S/c46-34-4-2-5-36(41(34)47)64-32-11-14-45(15-12-32,26-31-3-1-6-38(50-31)52-44-49-18-24-65-44)37-28-56(55-54-37)19-21-63-23-22-62-20-17-48-16-13-40(59)51-30-7-8-33-29(25-30)27-57(43(33)61)35-9-10-39(58)53-42(35)60/h1-8,18,24-25,28,32,35,48H,9-17,19-23,26-27H2,(H,51,59)(H,49,50,52)(H,53,58,60). The van der Waals surface area contributed by atoms with Crippen molar-refractivity contribution < 1.29 is 37.8 Å². The summed E-state index contributed by atoms with van der Waals surface area (Å²) in [5.41, 5.74) is 3.16. The molecule has 8 rings (SSSR count). The second-order valence-electron chi connectivity index (χ2n) is 16.2. The number of thiazole rings is 1. The summed E-state index contributed by atoms with van der Waals surface area (Å²) in [4.78, 5) is 60.1. The van der Waals surface area contributed by atoms with Crippen molar-refractivity contribution in [2.24, 2.45) is 0 Å². The van der Waals surface area contributed by atoms with Gasteiger partial charge in [0.05, 0.1) is 49.8 Å². The van der Waals surface area contributed by atoms with E-state index in [1.165, 1.54) is 22.3 Å². The second-order valence-corrected chi connectivity index (χ2v) is 17.5. The van der Waals surface area contributed by atoms with E-state index in [9.17, 15) is 23.6 Å². The Hall–Kier alpha value is -5.86. The Morgan fingerprint density at radius 3 is 2.65 bits per heavy atom. The lowest BCUT2D eigenvalue weighted by atomic mass is 9.68. The fraction of sp³-hybridized carbons (Fsp3) is 0.422. The summed E-state index contributed by atoms with van der Waals surface area (Å²) in [5, 5.41) is 23.5. The summed E-state index contributed by atoms with van der Waals surface area (Å²) in [7, 11) is 0. The van der Waals surface area contributed by atoms with Crippen LogP contribution in [-0.2, 0) is 48.8 Å². The third-order valence-electron chi connectivity index (χ3n) is 11.8. The maximum absolute atomic E-state index is 14.7. The summed E-state index contributed by atoms with van der Waals surface area (Å²) < 4.78 is 34.1. The molecule has 1 saturated carbocycles. The fourth-order valence-corrected chi connectivity index (χ4v) is 9.11. The molecule has 1 aliphatic carbocycles. The van der Waals surface area contributed by atoms with Gasteiger partial charge in [-0.3, -0.25) is 24.5 Å². The molecule has 1 unspecified atom stereocenters. The average Bonchev–Trinajstić information content (AvgIpc) is 4.07. The van der Waals surface area contributed by atoms with E-state index in [0.717, 1.165) is 34.9 Å². The first-order valence-corrected chi connectivity index (χ1v) is 23.0. The molecule has 4 amide bonds. The number of hydrogen-bond acceptors (Lipinski definition) is 14. The third kappa shape index (κ3) is 11.7. The van der Waals surface area contributed by atoms with Crippen LogP contribution < -0.4 is 26.0 Å². The van der Waals surface area contributed by atoms with Gasteiger partial charge in [-0.05, 0) is 80.1 Å². The number of pyridine rings is 1. The van der Waals surface area contributed by atoms with Crippen LogP contribution in [0.4, 0.5) is 21.0 Å². The van der Waals surface area contributed by atoms with E-state index in [1.807, 2.05) is 29.8 Å². The molecule has 2 aliphatic heterocycles. The molecule has 2 aromatic carbocycles. The molecule has 65 heavy (non-hydrogen) atoms. The molecule has 3 aliphatic rings. The van der Waals surface area contributed by atoms with Crippen LogP contribution in [0.5, 0.6) is 5.75 Å². The molecular formula is C45H50ClFN10O7S. The number of nitrogens with one attached hydrogen (secondary N) is 4. The highest BCUT2D eigenvalue weighted by atomic mass is 35.5. The van der Waals surface area contributed by atoms with Gasteiger partial charge in [0.1, 0.15) is 11.9 Å². The van der Waals surface area contributed by atoms with E-state index >= 15 is 0 Å². The number of nitrogens with zero attached hydrogens (tertiary/aromatic N) is 6. The molecule has 2 fully saturated rings. The molecule has 0 radical (unpaired) electrons. The number of piperidine rings is 1. The van der Waals surface area contributed by atoms with Crippen LogP contribution in [0.3, 0.4) is 0 Å². The number of benzene rings is 2. The number of carbonyl (C=O) groups excluding carboxylic acids is 4. The highest BCUT2D eigenvalue weighted by Crippen LogP contribution is 2.43. The van der Waals surface area contributed by atoms with Crippen molar-refractivity contribution in [3.63, 3.8) is 0 Å². The van der Waals surface area contributed by atoms with Gasteiger partial charge in [0, 0.05) is 79.0 Å². The van der Waals surface area contributed by atoms with Crippen LogP contribution in [0.25, 0.3) is 0 Å². The summed E-state index contributed by atoms with van der Waals surface area (Å²) >= 11 is 7.52. The van der Waals surface area contributed by atoms with Crippen LogP contribution >= 0.6 is 22.9 Å². The molecule has 4 N–H and O–H groups in total. The van der Waals surface area contributed by atoms with E-state index in [-0.39, 0.29) is 65.8 Å². The minimum absolute atomic E-state index is 0.0306. The molecule has 5 heterocycles. The molecule has 3 aromatic heterocycles. The first kappa shape index (κ1) is 45.7. The first-order chi connectivity index (χ1) is 31.6. The summed E-state index contributed by atoms with van der Waals surface area (Å²) in [5.74, 6) is -0.927. The quantitative estimate of drug-likeness (QED) is 0.0525. The molecule has 20 heteroatoms. The molecule has 342 valence electrons. The van der Waals surface area contributed by atoms with Crippen LogP contribution in [0.15, 0.2) is 72.4 Å². The number of rotatable bonds is 21. The zero-order valence-electron chi connectivity index (χ0n) is 35.6. The van der Waals surface area contributed by atoms with Crippen LogP contribution in [0, 0.1) is 5.82 Å². The normalized spacial score (nSPS) is 19.5. The Labute approximate surface area is 383 Å². The summed E-state index contributed by atoms with van der Waals surface area (Å²) in [6.07, 6.45) is 7.71. The number of halogens is 2. The Balaban J connectivity index is 0.735. The number of aromatic nitrogens is 5. The molecule has 1 saturated heterocycles. The molecule has 17 nitrogen and oxygen atoms in total. The van der Waals surface area contributed by atoms with Crippen molar-refractivity contribution in [1.29, 1.82) is 0 Å². The molecule has 0 spiro atoms. The van der Waals surface area contributed by atoms with E-state index in [1.54, 1.807) is 41.2 Å². The number of fused-ring (bicyclic) bond motifs is 1. The zero-order chi connectivity index (χ0) is 45.2. The minimum Gasteiger partial charge on any atom is -0.487 e. The van der Waals surface area contributed by atoms with Crippen molar-refractivity contribution in [3.8, 4) is 5.75 Å². The molecule has 5 aromatic rings. The monoisotopic (exact) mass is 928 g/mol. The third-order valence-corrected chi connectivity index (χ3v) is 12.8. The van der Waals surface area contributed by atoms with Crippen molar-refractivity contribution in [1.82, 2.24) is 40.5 Å². The number of amides is 4. The number of anilines is 3. The second kappa shape index (κ2) is 21.4. The highest BCUT2D eigenvalue weighted by Gasteiger charge is 2.41. The van der Waals surface area contributed by atoms with Gasteiger partial charge in [-0.2, -0.15) is 0 Å². The first-order valence-electron chi connectivity index (χ1n) is 21.7. The summed E-state index contributed by atoms with van der Waals surface area (Å²) in [6.45, 7) is 3.41. The van der Waals surface area contributed by atoms with Gasteiger partial charge < -0.3 is 35.1 Å². The number of hydrogen-bond donors (Lipinski definition) is 4. The van der Waals surface area contributed by atoms with Gasteiger partial charge in [0.25, 0.3) is 5.91 Å². The lowest BCUT2D eigenvalue weighted by molar-refractivity contribution is -0.137. The van der Waals surface area contributed by atoms with Crippen molar-refractivity contribution in [2.75, 3.05) is 50.2 Å². The lowest BCUT2D eigenvalue weighted by Crippen LogP contribution is -2.52. The van der Waals surface area contributed by atoms with Crippen molar-refractivity contribution >= 4 is 63.2 Å². The molecule has 0 bridgehead atoms. The minimum atomic E-state index is -0.692. The van der Waals surface area contributed by atoms with E-state index in [4.69, 9.17) is 30.8 Å². The molecule has 1 atom stereocenters. The van der Waals surface area contributed by atoms with Crippen LogP contribution in [0.2, 0.25) is 5.02 Å². The Morgan fingerprint density at radius 2 is 1.83 bits per heavy atom. The van der Waals surface area contributed by atoms with Gasteiger partial charge in [-0.1, -0.05) is 28.9 Å². The number of imide groups is 1. The largest absolute Gasteiger partial charge is 0.487 e. The lowest BCUT2D eigenvalue weighted by Gasteiger charge is -2.38. The zero-order valence-corrected chi connectivity index (χ0v) is 37.2. The van der Waals surface area contributed by atoms with E-state index in [0.29, 0.717) is 82.4 Å². The average molecular weight is 929 g/mol. The molecular weight excluding hydrogens is 879 g/mol. The fourth-order valence-electron chi connectivity index (χ4n) is 8.41. The predicted molar refractivity (Wildman–Crippen MR) is 240 cm³/mol. The van der Waals surface area contributed by atoms with Gasteiger partial charge in [-0.15, -0.1) is 16.4 Å². The summed E-state index contributed by atoms with van der Waals surface area (Å²) in [6, 6.07) is 15.1.